The number of hydrogen-bond donors (Lipinski definition) is 1. The van der Waals surface area contributed by atoms with Gasteiger partial charge in [-0.05, 0) is 42.0 Å². The van der Waals surface area contributed by atoms with Gasteiger partial charge in [0, 0.05) is 11.9 Å². The predicted molar refractivity (Wildman–Crippen MR) is 94.9 cm³/mol. The molecule has 0 fully saturated rings. The molecule has 128 valence electrons. The lowest BCUT2D eigenvalue weighted by molar-refractivity contribution is 0.0714. The van der Waals surface area contributed by atoms with Crippen molar-refractivity contribution in [2.75, 3.05) is 5.32 Å². The fraction of sp³-hybridized carbons (Fsp3) is 0.150. The number of anilines is 1. The molecule has 1 atom stereocenters. The van der Waals surface area contributed by atoms with Gasteiger partial charge in [-0.2, -0.15) is 5.26 Å². The summed E-state index contributed by atoms with van der Waals surface area (Å²) in [5.74, 6) is 0.630. The summed E-state index contributed by atoms with van der Waals surface area (Å²) in [5, 5.41) is 12.2. The minimum atomic E-state index is -0.384. The number of aromatic nitrogens is 1. The quantitative estimate of drug-likeness (QED) is 0.766. The number of benzene rings is 1. The van der Waals surface area contributed by atoms with E-state index in [-0.39, 0.29) is 12.1 Å². The molecule has 0 spiro atoms. The second-order valence-electron chi connectivity index (χ2n) is 6.03. The first-order valence-corrected chi connectivity index (χ1v) is 8.27. The van der Waals surface area contributed by atoms with Crippen LogP contribution in [-0.4, -0.2) is 15.8 Å². The van der Waals surface area contributed by atoms with Crippen LogP contribution in [-0.2, 0) is 13.0 Å². The summed E-state index contributed by atoms with van der Waals surface area (Å²) in [6, 6.07) is 16.9. The fourth-order valence-electron chi connectivity index (χ4n) is 3.08. The number of carbonyl (C=O) groups excluding carboxylic acids is 1. The summed E-state index contributed by atoms with van der Waals surface area (Å²) >= 11 is 0. The normalized spacial score (nSPS) is 15.6. The molecule has 1 aliphatic heterocycles. The third kappa shape index (κ3) is 2.91. The van der Waals surface area contributed by atoms with Crippen molar-refractivity contribution in [3.05, 3.63) is 83.6 Å². The molecule has 6 heteroatoms. The lowest BCUT2D eigenvalue weighted by Gasteiger charge is -2.25. The van der Waals surface area contributed by atoms with Gasteiger partial charge in [0.1, 0.15) is 11.9 Å². The largest absolute Gasteiger partial charge is 0.467 e. The van der Waals surface area contributed by atoms with E-state index in [0.29, 0.717) is 30.0 Å². The minimum absolute atomic E-state index is 0.0805. The van der Waals surface area contributed by atoms with Crippen LogP contribution in [0.25, 0.3) is 0 Å². The fourth-order valence-corrected chi connectivity index (χ4v) is 3.08. The molecule has 1 amide bonds. The van der Waals surface area contributed by atoms with E-state index < -0.39 is 0 Å². The monoisotopic (exact) mass is 344 g/mol. The topological polar surface area (TPSA) is 82.2 Å². The number of furan rings is 1. The first-order valence-electron chi connectivity index (χ1n) is 8.27. The van der Waals surface area contributed by atoms with Gasteiger partial charge in [0.05, 0.1) is 36.6 Å². The molecule has 0 aliphatic carbocycles. The average molecular weight is 344 g/mol. The summed E-state index contributed by atoms with van der Waals surface area (Å²) in [6.45, 7) is 0.354. The number of carbonyl (C=O) groups is 1. The Bertz CT molecular complexity index is 958. The highest BCUT2D eigenvalue weighted by molar-refractivity contribution is 5.98. The summed E-state index contributed by atoms with van der Waals surface area (Å²) in [5.41, 5.74) is 3.10. The first kappa shape index (κ1) is 15.9. The van der Waals surface area contributed by atoms with E-state index in [1.165, 1.54) is 0 Å². The van der Waals surface area contributed by atoms with E-state index in [4.69, 9.17) is 9.68 Å². The third-order valence-corrected chi connectivity index (χ3v) is 4.35. The van der Waals surface area contributed by atoms with Crippen LogP contribution in [0, 0.1) is 11.3 Å². The number of nitriles is 1. The van der Waals surface area contributed by atoms with Crippen molar-refractivity contribution in [2.24, 2.45) is 0 Å². The summed E-state index contributed by atoms with van der Waals surface area (Å²) in [7, 11) is 0. The molecule has 3 heterocycles. The Morgan fingerprint density at radius 2 is 2.04 bits per heavy atom. The molecule has 0 bridgehead atoms. The van der Waals surface area contributed by atoms with Crippen molar-refractivity contribution in [3.63, 3.8) is 0 Å². The predicted octanol–water partition coefficient (Wildman–Crippen LogP) is 3.51. The average Bonchev–Trinajstić information content (AvgIpc) is 3.27. The molecule has 1 aliphatic rings. The Hall–Kier alpha value is -3.59. The summed E-state index contributed by atoms with van der Waals surface area (Å²) in [4.78, 5) is 19.0. The summed E-state index contributed by atoms with van der Waals surface area (Å²) in [6.07, 6.45) is 3.27. The van der Waals surface area contributed by atoms with Crippen LogP contribution in [0.15, 0.2) is 65.4 Å². The Balaban J connectivity index is 1.63. The number of amides is 1. The van der Waals surface area contributed by atoms with Crippen LogP contribution in [0.3, 0.4) is 0 Å². The molecular formula is C20H16N4O2. The molecule has 0 saturated carbocycles. The van der Waals surface area contributed by atoms with Crippen LogP contribution in [0.5, 0.6) is 0 Å². The lowest BCUT2D eigenvalue weighted by atomic mass is 10.1. The van der Waals surface area contributed by atoms with Crippen molar-refractivity contribution in [3.8, 4) is 6.07 Å². The number of nitrogens with one attached hydrogen (secondary N) is 1. The summed E-state index contributed by atoms with van der Waals surface area (Å²) < 4.78 is 5.41. The first-order chi connectivity index (χ1) is 12.8. The van der Waals surface area contributed by atoms with Gasteiger partial charge in [0.15, 0.2) is 0 Å². The van der Waals surface area contributed by atoms with Crippen LogP contribution < -0.4 is 5.32 Å². The third-order valence-electron chi connectivity index (χ3n) is 4.35. The zero-order valence-corrected chi connectivity index (χ0v) is 13.9. The molecule has 1 N–H and O–H groups in total. The molecule has 0 unspecified atom stereocenters. The van der Waals surface area contributed by atoms with Gasteiger partial charge < -0.3 is 14.6 Å². The zero-order valence-electron chi connectivity index (χ0n) is 13.9. The van der Waals surface area contributed by atoms with Gasteiger partial charge in [-0.3, -0.25) is 9.78 Å². The molecule has 26 heavy (non-hydrogen) atoms. The Morgan fingerprint density at radius 3 is 2.77 bits per heavy atom. The van der Waals surface area contributed by atoms with Gasteiger partial charge in [-0.25, -0.2) is 0 Å². The molecule has 0 radical (unpaired) electrons. The highest BCUT2D eigenvalue weighted by Gasteiger charge is 2.38. The standard InChI is InChI=1S/C20H16N4O2/c21-10-9-14-5-7-15(8-6-14)23-19-18-17(4-1-11-22-18)20(25)24(19)13-16-3-2-12-26-16/h1-8,11-12,19,23H,9,13H2/t19-/m0/s1. The zero-order chi connectivity index (χ0) is 17.9. The van der Waals surface area contributed by atoms with Crippen LogP contribution >= 0.6 is 0 Å². The number of nitrogens with zero attached hydrogens (tertiary/aromatic N) is 3. The molecule has 2 aromatic heterocycles. The Kier molecular flexibility index (Phi) is 4.12. The second kappa shape index (κ2) is 6.73. The number of pyridine rings is 1. The van der Waals surface area contributed by atoms with Crippen molar-refractivity contribution < 1.29 is 9.21 Å². The molecule has 4 rings (SSSR count). The Labute approximate surface area is 150 Å². The van der Waals surface area contributed by atoms with Gasteiger partial charge in [0.25, 0.3) is 5.91 Å². The minimum Gasteiger partial charge on any atom is -0.467 e. The smallest absolute Gasteiger partial charge is 0.258 e. The van der Waals surface area contributed by atoms with Crippen LogP contribution in [0.4, 0.5) is 5.69 Å². The van der Waals surface area contributed by atoms with Gasteiger partial charge in [-0.1, -0.05) is 12.1 Å². The highest BCUT2D eigenvalue weighted by atomic mass is 16.3. The molecule has 3 aromatic rings. The van der Waals surface area contributed by atoms with E-state index in [1.54, 1.807) is 35.6 Å². The lowest BCUT2D eigenvalue weighted by Crippen LogP contribution is -2.31. The number of hydrogen-bond acceptors (Lipinski definition) is 5. The molecule has 6 nitrogen and oxygen atoms in total. The molecular weight excluding hydrogens is 328 g/mol. The van der Waals surface area contributed by atoms with Crippen molar-refractivity contribution in [1.29, 1.82) is 5.26 Å². The van der Waals surface area contributed by atoms with Gasteiger partial charge in [-0.15, -0.1) is 0 Å². The van der Waals surface area contributed by atoms with Crippen LogP contribution in [0.1, 0.15) is 33.5 Å². The maximum absolute atomic E-state index is 12.8. The second-order valence-corrected chi connectivity index (χ2v) is 6.03. The SMILES string of the molecule is N#CCc1ccc(N[C@@H]2c3ncccc3C(=O)N2Cc2ccco2)cc1. The van der Waals surface area contributed by atoms with Crippen molar-refractivity contribution in [2.45, 2.75) is 19.1 Å². The molecule has 1 aromatic carbocycles. The highest BCUT2D eigenvalue weighted by Crippen LogP contribution is 2.34. The molecule has 0 saturated heterocycles. The van der Waals surface area contributed by atoms with Gasteiger partial charge in [0.2, 0.25) is 0 Å². The van der Waals surface area contributed by atoms with E-state index in [0.717, 1.165) is 11.3 Å². The number of fused-ring (bicyclic) bond motifs is 1. The van der Waals surface area contributed by atoms with E-state index in [1.807, 2.05) is 30.3 Å². The van der Waals surface area contributed by atoms with Crippen LogP contribution in [0.2, 0.25) is 0 Å². The van der Waals surface area contributed by atoms with E-state index >= 15 is 0 Å². The Morgan fingerprint density at radius 1 is 1.19 bits per heavy atom. The number of rotatable bonds is 5. The van der Waals surface area contributed by atoms with E-state index in [9.17, 15) is 4.79 Å². The maximum atomic E-state index is 12.8. The van der Waals surface area contributed by atoms with Gasteiger partial charge >= 0.3 is 0 Å². The van der Waals surface area contributed by atoms with Crippen molar-refractivity contribution in [1.82, 2.24) is 9.88 Å². The maximum Gasteiger partial charge on any atom is 0.258 e. The van der Waals surface area contributed by atoms with E-state index in [2.05, 4.69) is 16.4 Å². The van der Waals surface area contributed by atoms with Crippen molar-refractivity contribution >= 4 is 11.6 Å².